The maximum Gasteiger partial charge on any atom is 0.405 e. The van der Waals surface area contributed by atoms with Crippen LogP contribution in [0.5, 0.6) is 0 Å². The smallest absolute Gasteiger partial charge is 0.405 e. The number of thioether (sulfide) groups is 1. The van der Waals surface area contributed by atoms with Gasteiger partial charge in [-0.05, 0) is 0 Å². The van der Waals surface area contributed by atoms with Gasteiger partial charge in [0.05, 0.1) is 19.8 Å². The summed E-state index contributed by atoms with van der Waals surface area (Å²) in [5.41, 5.74) is 0. The van der Waals surface area contributed by atoms with Gasteiger partial charge in [-0.1, -0.05) is 18.7 Å². The largest absolute Gasteiger partial charge is 0.410 e. The van der Waals surface area contributed by atoms with E-state index in [0.29, 0.717) is 5.89 Å². The molecule has 120 valence electrons. The Labute approximate surface area is 124 Å². The number of aromatic nitrogens is 2. The van der Waals surface area contributed by atoms with E-state index in [1.807, 2.05) is 21.0 Å². The molecule has 0 spiro atoms. The molecule has 0 aromatic carbocycles. The zero-order valence-electron chi connectivity index (χ0n) is 12.0. The Balaban J connectivity index is 2.46. The van der Waals surface area contributed by atoms with Gasteiger partial charge in [0.25, 0.3) is 11.1 Å². The van der Waals surface area contributed by atoms with Gasteiger partial charge < -0.3 is 14.6 Å². The van der Waals surface area contributed by atoms with Crippen LogP contribution in [0.2, 0.25) is 0 Å². The van der Waals surface area contributed by atoms with E-state index in [1.165, 1.54) is 0 Å². The number of carbonyl (C=O) groups is 1. The standard InChI is InChI=1S/C11H17F3N4O2S/c1-4-7(18(2)3)9-16-17-10(20-9)21-5-8(19)15-6-11(12,13)14/h7H,4-6H2,1-3H3,(H,15,19)/p+1/t7-/m1/s1. The van der Waals surface area contributed by atoms with E-state index in [9.17, 15) is 18.0 Å². The van der Waals surface area contributed by atoms with Gasteiger partial charge in [0.1, 0.15) is 6.54 Å². The Morgan fingerprint density at radius 2 is 2.10 bits per heavy atom. The molecule has 2 N–H and O–H groups in total. The number of carbonyl (C=O) groups excluding carboxylic acids is 1. The summed E-state index contributed by atoms with van der Waals surface area (Å²) in [7, 11) is 3.91. The van der Waals surface area contributed by atoms with Gasteiger partial charge in [0, 0.05) is 6.42 Å². The molecule has 0 saturated carbocycles. The molecule has 0 radical (unpaired) electrons. The van der Waals surface area contributed by atoms with Crippen LogP contribution in [-0.4, -0.2) is 48.7 Å². The second kappa shape index (κ2) is 7.64. The van der Waals surface area contributed by atoms with Crippen LogP contribution >= 0.6 is 11.8 Å². The summed E-state index contributed by atoms with van der Waals surface area (Å²) in [6.07, 6.45) is -3.61. The van der Waals surface area contributed by atoms with E-state index in [1.54, 1.807) is 5.32 Å². The summed E-state index contributed by atoms with van der Waals surface area (Å²) in [6, 6.07) is 0.0471. The van der Waals surface area contributed by atoms with Gasteiger partial charge >= 0.3 is 6.18 Å². The molecule has 0 aliphatic carbocycles. The van der Waals surface area contributed by atoms with Gasteiger partial charge in [-0.25, -0.2) is 0 Å². The number of nitrogens with zero attached hydrogens (tertiary/aromatic N) is 2. The number of hydrogen-bond acceptors (Lipinski definition) is 5. The normalized spacial score (nSPS) is 13.5. The zero-order valence-corrected chi connectivity index (χ0v) is 12.8. The molecule has 1 aromatic heterocycles. The van der Waals surface area contributed by atoms with Crippen molar-refractivity contribution in [3.8, 4) is 0 Å². The third-order valence-corrected chi connectivity index (χ3v) is 3.46. The summed E-state index contributed by atoms with van der Waals surface area (Å²) in [6.45, 7) is 0.642. The second-order valence-corrected chi connectivity index (χ2v) is 5.55. The summed E-state index contributed by atoms with van der Waals surface area (Å²) in [5, 5.41) is 9.63. The second-order valence-electron chi connectivity index (χ2n) is 4.62. The van der Waals surface area contributed by atoms with Crippen LogP contribution in [0.4, 0.5) is 13.2 Å². The molecule has 0 saturated heterocycles. The van der Waals surface area contributed by atoms with Gasteiger partial charge in [0.2, 0.25) is 5.91 Å². The molecule has 0 aliphatic heterocycles. The highest BCUT2D eigenvalue weighted by atomic mass is 32.2. The van der Waals surface area contributed by atoms with Gasteiger partial charge in [-0.2, -0.15) is 13.2 Å². The van der Waals surface area contributed by atoms with E-state index in [0.717, 1.165) is 23.1 Å². The number of rotatable bonds is 7. The topological polar surface area (TPSA) is 72.5 Å². The van der Waals surface area contributed by atoms with E-state index in [2.05, 4.69) is 10.2 Å². The lowest BCUT2D eigenvalue weighted by Crippen LogP contribution is -3.06. The molecular weight excluding hydrogens is 309 g/mol. The van der Waals surface area contributed by atoms with Crippen molar-refractivity contribution in [2.45, 2.75) is 30.8 Å². The van der Waals surface area contributed by atoms with E-state index in [-0.39, 0.29) is 17.0 Å². The highest BCUT2D eigenvalue weighted by Gasteiger charge is 2.28. The van der Waals surface area contributed by atoms with Gasteiger partial charge in [-0.3, -0.25) is 4.79 Å². The van der Waals surface area contributed by atoms with Crippen LogP contribution in [-0.2, 0) is 4.79 Å². The van der Waals surface area contributed by atoms with Crippen LogP contribution in [0.3, 0.4) is 0 Å². The molecule has 6 nitrogen and oxygen atoms in total. The van der Waals surface area contributed by atoms with Crippen LogP contribution in [0.1, 0.15) is 25.3 Å². The Kier molecular flexibility index (Phi) is 6.46. The average molecular weight is 327 g/mol. The highest BCUT2D eigenvalue weighted by Crippen LogP contribution is 2.19. The van der Waals surface area contributed by atoms with Gasteiger partial charge in [-0.15, -0.1) is 10.2 Å². The predicted molar refractivity (Wildman–Crippen MR) is 69.9 cm³/mol. The maximum atomic E-state index is 11.9. The third kappa shape index (κ3) is 6.34. The average Bonchev–Trinajstić information content (AvgIpc) is 2.82. The lowest BCUT2D eigenvalue weighted by atomic mass is 10.2. The molecule has 21 heavy (non-hydrogen) atoms. The van der Waals surface area contributed by atoms with Crippen molar-refractivity contribution in [1.29, 1.82) is 0 Å². The predicted octanol–water partition coefficient (Wildman–Crippen LogP) is 0.436. The van der Waals surface area contributed by atoms with Gasteiger partial charge in [0.15, 0.2) is 6.04 Å². The number of nitrogens with one attached hydrogen (secondary N) is 2. The van der Waals surface area contributed by atoms with E-state index in [4.69, 9.17) is 4.42 Å². The number of alkyl halides is 3. The van der Waals surface area contributed by atoms with Crippen molar-refractivity contribution in [1.82, 2.24) is 15.5 Å². The summed E-state index contributed by atoms with van der Waals surface area (Å²) < 4.78 is 41.2. The van der Waals surface area contributed by atoms with Crippen molar-refractivity contribution in [3.05, 3.63) is 5.89 Å². The highest BCUT2D eigenvalue weighted by molar-refractivity contribution is 7.99. The molecular formula is C11H18F3N4O2S+. The van der Waals surface area contributed by atoms with E-state index >= 15 is 0 Å². The fourth-order valence-corrected chi connectivity index (χ4v) is 2.23. The first-order chi connectivity index (χ1) is 9.73. The molecule has 10 heteroatoms. The molecule has 0 fully saturated rings. The fraction of sp³-hybridized carbons (Fsp3) is 0.727. The maximum absolute atomic E-state index is 11.9. The number of quaternary nitrogens is 1. The molecule has 1 amide bonds. The molecule has 1 atom stereocenters. The Hall–Kier alpha value is -1.29. The molecule has 0 bridgehead atoms. The minimum atomic E-state index is -4.42. The van der Waals surface area contributed by atoms with Crippen molar-refractivity contribution in [3.63, 3.8) is 0 Å². The molecule has 1 aromatic rings. The molecule has 0 aliphatic rings. The van der Waals surface area contributed by atoms with Crippen molar-refractivity contribution in [2.75, 3.05) is 26.4 Å². The minimum Gasteiger partial charge on any atom is -0.410 e. The Bertz CT molecular complexity index is 465. The third-order valence-electron chi connectivity index (χ3n) is 2.64. The first-order valence-corrected chi connectivity index (χ1v) is 7.31. The molecule has 1 rings (SSSR count). The first-order valence-electron chi connectivity index (χ1n) is 6.32. The molecule has 1 heterocycles. The summed E-state index contributed by atoms with van der Waals surface area (Å²) in [5.74, 6) is -0.485. The fourth-order valence-electron chi connectivity index (χ4n) is 1.63. The van der Waals surface area contributed by atoms with Crippen LogP contribution < -0.4 is 10.2 Å². The van der Waals surface area contributed by atoms with E-state index < -0.39 is 18.6 Å². The zero-order chi connectivity index (χ0) is 16.0. The lowest BCUT2D eigenvalue weighted by molar-refractivity contribution is -0.894. The minimum absolute atomic E-state index is 0.0471. The first kappa shape index (κ1) is 17.8. The van der Waals surface area contributed by atoms with Crippen LogP contribution in [0.25, 0.3) is 0 Å². The van der Waals surface area contributed by atoms with Crippen molar-refractivity contribution < 1.29 is 27.3 Å². The SMILES string of the molecule is CC[C@H](c1nnc(SCC(=O)NCC(F)(F)F)o1)[NH+](C)C. The van der Waals surface area contributed by atoms with Crippen LogP contribution in [0, 0.1) is 0 Å². The summed E-state index contributed by atoms with van der Waals surface area (Å²) in [4.78, 5) is 12.4. The lowest BCUT2D eigenvalue weighted by Gasteiger charge is -2.15. The van der Waals surface area contributed by atoms with Crippen LogP contribution in [0.15, 0.2) is 9.64 Å². The van der Waals surface area contributed by atoms with Crippen molar-refractivity contribution >= 4 is 17.7 Å². The monoisotopic (exact) mass is 327 g/mol. The number of hydrogen-bond donors (Lipinski definition) is 2. The number of amides is 1. The number of halogens is 3. The molecule has 0 unspecified atom stereocenters. The Morgan fingerprint density at radius 1 is 1.43 bits per heavy atom. The van der Waals surface area contributed by atoms with Crippen molar-refractivity contribution in [2.24, 2.45) is 0 Å². The summed E-state index contributed by atoms with van der Waals surface area (Å²) >= 11 is 0.911. The Morgan fingerprint density at radius 3 is 2.62 bits per heavy atom. The quantitative estimate of drug-likeness (QED) is 0.711.